The zero-order valence-corrected chi connectivity index (χ0v) is 14.0. The van der Waals surface area contributed by atoms with E-state index in [1.807, 2.05) is 6.07 Å². The Morgan fingerprint density at radius 1 is 1.00 bits per heavy atom. The molecule has 2 rings (SSSR count). The van der Waals surface area contributed by atoms with E-state index in [2.05, 4.69) is 0 Å². The van der Waals surface area contributed by atoms with Gasteiger partial charge in [0.05, 0.1) is 43.7 Å². The monoisotopic (exact) mass is 340 g/mol. The Morgan fingerprint density at radius 2 is 1.60 bits per heavy atom. The van der Waals surface area contributed by atoms with Gasteiger partial charge in [-0.1, -0.05) is 18.2 Å². The van der Waals surface area contributed by atoms with Crippen molar-refractivity contribution in [1.82, 2.24) is 0 Å². The number of esters is 2. The lowest BCUT2D eigenvalue weighted by molar-refractivity contribution is 0.0557. The third kappa shape index (κ3) is 3.10. The maximum Gasteiger partial charge on any atom is 0.340 e. The fraction of sp³-hybridized carbons (Fsp3) is 0.167. The molecule has 0 saturated heterocycles. The van der Waals surface area contributed by atoms with E-state index in [9.17, 15) is 14.9 Å². The Bertz CT molecular complexity index is 884. The third-order valence-corrected chi connectivity index (χ3v) is 3.66. The molecule has 0 spiro atoms. The summed E-state index contributed by atoms with van der Waals surface area (Å²) in [5.74, 6) is -1.17. The highest BCUT2D eigenvalue weighted by Gasteiger charge is 2.29. The molecule has 128 valence electrons. The number of hydrogen-bond acceptors (Lipinski definition) is 7. The molecule has 2 aromatic rings. The number of carbonyl (C=O) groups is 2. The fourth-order valence-electron chi connectivity index (χ4n) is 2.50. The molecule has 0 unspecified atom stereocenters. The second-order valence-corrected chi connectivity index (χ2v) is 4.93. The first-order chi connectivity index (χ1) is 12.0. The summed E-state index contributed by atoms with van der Waals surface area (Å²) in [5, 5.41) is 9.35. The van der Waals surface area contributed by atoms with Gasteiger partial charge >= 0.3 is 11.9 Å². The lowest BCUT2D eigenvalue weighted by Gasteiger charge is -2.17. The van der Waals surface area contributed by atoms with Crippen LogP contribution in [-0.2, 0) is 9.47 Å². The van der Waals surface area contributed by atoms with Crippen molar-refractivity contribution in [3.8, 4) is 22.9 Å². The lowest BCUT2D eigenvalue weighted by atomic mass is 9.91. The highest BCUT2D eigenvalue weighted by molar-refractivity contribution is 6.12. The molecule has 7 nitrogen and oxygen atoms in total. The molecule has 0 aliphatic heterocycles. The Hall–Kier alpha value is -3.53. The normalized spacial score (nSPS) is 9.84. The quantitative estimate of drug-likeness (QED) is 0.671. The van der Waals surface area contributed by atoms with E-state index in [0.29, 0.717) is 11.3 Å². The summed E-state index contributed by atoms with van der Waals surface area (Å²) < 4.78 is 14.9. The van der Waals surface area contributed by atoms with Crippen LogP contribution in [0.3, 0.4) is 0 Å². The number of carbonyl (C=O) groups excluding carboxylic acids is 2. The zero-order valence-electron chi connectivity index (χ0n) is 14.0. The molecule has 2 N–H and O–H groups in total. The van der Waals surface area contributed by atoms with Gasteiger partial charge in [0.2, 0.25) is 0 Å². The number of anilines is 1. The fourth-order valence-corrected chi connectivity index (χ4v) is 2.50. The highest BCUT2D eigenvalue weighted by atomic mass is 16.5. The van der Waals surface area contributed by atoms with Crippen LogP contribution in [0, 0.1) is 11.3 Å². The van der Waals surface area contributed by atoms with Gasteiger partial charge in [-0.05, 0) is 12.1 Å². The van der Waals surface area contributed by atoms with Gasteiger partial charge in [-0.2, -0.15) is 5.26 Å². The van der Waals surface area contributed by atoms with Crippen molar-refractivity contribution in [2.75, 3.05) is 27.1 Å². The van der Waals surface area contributed by atoms with Crippen LogP contribution in [0.15, 0.2) is 30.3 Å². The molecule has 0 amide bonds. The van der Waals surface area contributed by atoms with Gasteiger partial charge in [-0.3, -0.25) is 0 Å². The Morgan fingerprint density at radius 3 is 2.16 bits per heavy atom. The van der Waals surface area contributed by atoms with Crippen LogP contribution < -0.4 is 10.5 Å². The summed E-state index contributed by atoms with van der Waals surface area (Å²) in [4.78, 5) is 24.6. The van der Waals surface area contributed by atoms with Crippen LogP contribution in [0.4, 0.5) is 5.69 Å². The first-order valence-corrected chi connectivity index (χ1v) is 7.16. The Labute approximate surface area is 144 Å². The van der Waals surface area contributed by atoms with Crippen molar-refractivity contribution in [1.29, 1.82) is 5.26 Å². The topological polar surface area (TPSA) is 112 Å². The average molecular weight is 340 g/mol. The van der Waals surface area contributed by atoms with Crippen molar-refractivity contribution >= 4 is 17.6 Å². The molecule has 0 atom stereocenters. The van der Waals surface area contributed by atoms with E-state index in [1.54, 1.807) is 24.3 Å². The van der Waals surface area contributed by atoms with E-state index in [4.69, 9.17) is 19.9 Å². The molecule has 25 heavy (non-hydrogen) atoms. The van der Waals surface area contributed by atoms with Crippen molar-refractivity contribution < 1.29 is 23.8 Å². The molecule has 0 heterocycles. The molecule has 7 heteroatoms. The number of nitrogens with two attached hydrogens (primary N) is 1. The summed E-state index contributed by atoms with van der Waals surface area (Å²) in [6.07, 6.45) is 0. The van der Waals surface area contributed by atoms with E-state index in [1.165, 1.54) is 20.3 Å². The Kier molecular flexibility index (Phi) is 5.25. The molecular weight excluding hydrogens is 324 g/mol. The smallest absolute Gasteiger partial charge is 0.340 e. The predicted octanol–water partition coefficient (Wildman–Crippen LogP) is 2.39. The molecule has 0 saturated carbocycles. The van der Waals surface area contributed by atoms with Crippen molar-refractivity contribution in [2.24, 2.45) is 0 Å². The van der Waals surface area contributed by atoms with Crippen LogP contribution in [0.2, 0.25) is 0 Å². The second kappa shape index (κ2) is 7.36. The van der Waals surface area contributed by atoms with Crippen molar-refractivity contribution in [2.45, 2.75) is 0 Å². The summed E-state index contributed by atoms with van der Waals surface area (Å²) in [5.41, 5.74) is 6.30. The van der Waals surface area contributed by atoms with Crippen LogP contribution in [0.25, 0.3) is 11.1 Å². The van der Waals surface area contributed by atoms with E-state index in [-0.39, 0.29) is 27.9 Å². The minimum atomic E-state index is -0.842. The minimum Gasteiger partial charge on any atom is -0.496 e. The SMILES string of the molecule is COC(=O)c1c(-c2ccccc2OC)cc(C#N)c(N)c1C(=O)OC. The number of rotatable bonds is 4. The maximum atomic E-state index is 12.4. The molecule has 0 aromatic heterocycles. The molecule has 2 aromatic carbocycles. The number of ether oxygens (including phenoxy) is 3. The summed E-state index contributed by atoms with van der Waals surface area (Å²) in [6.45, 7) is 0. The largest absolute Gasteiger partial charge is 0.496 e. The van der Waals surface area contributed by atoms with Gasteiger partial charge in [-0.25, -0.2) is 9.59 Å². The molecule has 0 aliphatic rings. The number of hydrogen-bond donors (Lipinski definition) is 1. The van der Waals surface area contributed by atoms with Crippen LogP contribution in [0.1, 0.15) is 26.3 Å². The molecule has 0 fully saturated rings. The summed E-state index contributed by atoms with van der Waals surface area (Å²) >= 11 is 0. The molecular formula is C18H16N2O5. The lowest BCUT2D eigenvalue weighted by Crippen LogP contribution is -2.17. The summed E-state index contributed by atoms with van der Waals surface area (Å²) in [6, 6.07) is 10.2. The highest BCUT2D eigenvalue weighted by Crippen LogP contribution is 2.37. The van der Waals surface area contributed by atoms with Gasteiger partial charge in [0.1, 0.15) is 11.8 Å². The molecule has 0 bridgehead atoms. The van der Waals surface area contributed by atoms with Crippen LogP contribution >= 0.6 is 0 Å². The summed E-state index contributed by atoms with van der Waals surface area (Å²) in [7, 11) is 3.81. The number of nitriles is 1. The predicted molar refractivity (Wildman–Crippen MR) is 90.2 cm³/mol. The number of benzene rings is 2. The number of methoxy groups -OCH3 is 3. The van der Waals surface area contributed by atoms with Gasteiger partial charge < -0.3 is 19.9 Å². The maximum absolute atomic E-state index is 12.4. The van der Waals surface area contributed by atoms with Crippen LogP contribution in [-0.4, -0.2) is 33.3 Å². The van der Waals surface area contributed by atoms with E-state index < -0.39 is 11.9 Å². The Balaban J connectivity index is 2.99. The van der Waals surface area contributed by atoms with Gasteiger partial charge in [0, 0.05) is 11.1 Å². The van der Waals surface area contributed by atoms with E-state index in [0.717, 1.165) is 7.11 Å². The van der Waals surface area contributed by atoms with Gasteiger partial charge in [-0.15, -0.1) is 0 Å². The second-order valence-electron chi connectivity index (χ2n) is 4.93. The first kappa shape index (κ1) is 17.8. The average Bonchev–Trinajstić information content (AvgIpc) is 2.66. The van der Waals surface area contributed by atoms with Gasteiger partial charge in [0.15, 0.2) is 0 Å². The van der Waals surface area contributed by atoms with E-state index >= 15 is 0 Å². The minimum absolute atomic E-state index is 0.0361. The van der Waals surface area contributed by atoms with Crippen LogP contribution in [0.5, 0.6) is 5.75 Å². The molecule has 0 aliphatic carbocycles. The number of nitrogen functional groups attached to an aromatic ring is 1. The number of nitrogens with zero attached hydrogens (tertiary/aromatic N) is 1. The van der Waals surface area contributed by atoms with Crippen molar-refractivity contribution in [3.63, 3.8) is 0 Å². The number of para-hydroxylation sites is 1. The first-order valence-electron chi connectivity index (χ1n) is 7.16. The third-order valence-electron chi connectivity index (χ3n) is 3.66. The van der Waals surface area contributed by atoms with Crippen molar-refractivity contribution in [3.05, 3.63) is 47.0 Å². The zero-order chi connectivity index (χ0) is 18.6. The molecule has 0 radical (unpaired) electrons. The van der Waals surface area contributed by atoms with Gasteiger partial charge in [0.25, 0.3) is 0 Å². The standard InChI is InChI=1S/C18H16N2O5/c1-23-13-7-5-4-6-11(13)12-8-10(9-19)16(20)15(18(22)25-3)14(12)17(21)24-2/h4-8H,20H2,1-3H3.